The Morgan fingerprint density at radius 2 is 2.15 bits per heavy atom. The van der Waals surface area contributed by atoms with Crippen LogP contribution in [0.5, 0.6) is 0 Å². The predicted octanol–water partition coefficient (Wildman–Crippen LogP) is -0.135. The van der Waals surface area contributed by atoms with Crippen LogP contribution in [0.1, 0.15) is 6.92 Å². The van der Waals surface area contributed by atoms with E-state index in [-0.39, 0.29) is 6.03 Å². The zero-order chi connectivity index (χ0) is 9.42. The second-order valence-electron chi connectivity index (χ2n) is 3.98. The van der Waals surface area contributed by atoms with Crippen LogP contribution in [0.25, 0.3) is 0 Å². The number of carbonyl (C=O) groups is 1. The maximum Gasteiger partial charge on any atom is 0.317 e. The van der Waals surface area contributed by atoms with Gasteiger partial charge in [-0.3, -0.25) is 0 Å². The summed E-state index contributed by atoms with van der Waals surface area (Å²) in [7, 11) is 1.83. The highest BCUT2D eigenvalue weighted by Crippen LogP contribution is 2.41. The van der Waals surface area contributed by atoms with Crippen molar-refractivity contribution in [3.63, 3.8) is 0 Å². The summed E-state index contributed by atoms with van der Waals surface area (Å²) < 4.78 is 0. The molecule has 4 nitrogen and oxygen atoms in total. The van der Waals surface area contributed by atoms with E-state index in [1.807, 2.05) is 14.0 Å². The maximum atomic E-state index is 11.5. The second kappa shape index (κ2) is 3.18. The fourth-order valence-electron chi connectivity index (χ4n) is 2.03. The SMILES string of the molecule is CCN(C)C(=O)NC1C2CNCC21. The molecule has 0 aromatic carbocycles. The summed E-state index contributed by atoms with van der Waals surface area (Å²) in [6.07, 6.45) is 0. The van der Waals surface area contributed by atoms with E-state index in [0.717, 1.165) is 19.6 Å². The van der Waals surface area contributed by atoms with Crippen molar-refractivity contribution in [2.24, 2.45) is 11.8 Å². The molecule has 2 atom stereocenters. The first-order valence-corrected chi connectivity index (χ1v) is 4.96. The molecule has 1 saturated heterocycles. The lowest BCUT2D eigenvalue weighted by atomic mass is 10.4. The first-order chi connectivity index (χ1) is 6.24. The average Bonchev–Trinajstić information content (AvgIpc) is 2.63. The minimum absolute atomic E-state index is 0.0712. The van der Waals surface area contributed by atoms with Crippen molar-refractivity contribution in [1.29, 1.82) is 0 Å². The van der Waals surface area contributed by atoms with E-state index in [0.29, 0.717) is 17.9 Å². The third-order valence-corrected chi connectivity index (χ3v) is 3.20. The lowest BCUT2D eigenvalue weighted by Crippen LogP contribution is -2.41. The molecule has 2 fully saturated rings. The standard InChI is InChI=1S/C9H17N3O/c1-3-12(2)9(13)11-8-6-4-10-5-7(6)8/h6-8,10H,3-5H2,1-2H3,(H,11,13). The van der Waals surface area contributed by atoms with Gasteiger partial charge in [0.2, 0.25) is 0 Å². The molecule has 1 aliphatic carbocycles. The minimum Gasteiger partial charge on any atom is -0.335 e. The zero-order valence-corrected chi connectivity index (χ0v) is 8.21. The molecule has 2 N–H and O–H groups in total. The molecule has 1 aliphatic heterocycles. The summed E-state index contributed by atoms with van der Waals surface area (Å²) in [6, 6.07) is 0.518. The number of rotatable bonds is 2. The van der Waals surface area contributed by atoms with E-state index in [4.69, 9.17) is 0 Å². The summed E-state index contributed by atoms with van der Waals surface area (Å²) >= 11 is 0. The number of nitrogens with one attached hydrogen (secondary N) is 2. The average molecular weight is 183 g/mol. The van der Waals surface area contributed by atoms with Gasteiger partial charge in [0, 0.05) is 32.7 Å². The number of nitrogens with zero attached hydrogens (tertiary/aromatic N) is 1. The molecule has 0 spiro atoms. The van der Waals surface area contributed by atoms with Crippen LogP contribution in [0.3, 0.4) is 0 Å². The molecule has 0 aromatic heterocycles. The molecule has 1 saturated carbocycles. The Kier molecular flexibility index (Phi) is 2.15. The van der Waals surface area contributed by atoms with Crippen molar-refractivity contribution in [2.45, 2.75) is 13.0 Å². The van der Waals surface area contributed by atoms with Gasteiger partial charge >= 0.3 is 6.03 Å². The van der Waals surface area contributed by atoms with Gasteiger partial charge < -0.3 is 15.5 Å². The summed E-state index contributed by atoms with van der Waals surface area (Å²) in [6.45, 7) is 4.90. The Balaban J connectivity index is 1.77. The molecule has 4 heteroatoms. The molecule has 0 aromatic rings. The normalized spacial score (nSPS) is 35.4. The largest absolute Gasteiger partial charge is 0.335 e. The fraction of sp³-hybridized carbons (Fsp3) is 0.889. The number of hydrogen-bond donors (Lipinski definition) is 2. The van der Waals surface area contributed by atoms with E-state index in [1.165, 1.54) is 0 Å². The van der Waals surface area contributed by atoms with E-state index >= 15 is 0 Å². The van der Waals surface area contributed by atoms with Gasteiger partial charge in [-0.1, -0.05) is 0 Å². The van der Waals surface area contributed by atoms with Crippen LogP contribution in [0.2, 0.25) is 0 Å². The third-order valence-electron chi connectivity index (χ3n) is 3.20. The van der Waals surface area contributed by atoms with Crippen molar-refractivity contribution in [2.75, 3.05) is 26.7 Å². The Morgan fingerprint density at radius 1 is 1.54 bits per heavy atom. The Bertz CT molecular complexity index is 209. The van der Waals surface area contributed by atoms with Crippen molar-refractivity contribution < 1.29 is 4.79 Å². The molecule has 0 radical (unpaired) electrons. The van der Waals surface area contributed by atoms with Crippen LogP contribution in [-0.4, -0.2) is 43.7 Å². The molecular weight excluding hydrogens is 166 g/mol. The van der Waals surface area contributed by atoms with Gasteiger partial charge in [-0.25, -0.2) is 4.79 Å². The molecule has 2 aliphatic rings. The van der Waals surface area contributed by atoms with Gasteiger partial charge in [-0.05, 0) is 18.8 Å². The molecular formula is C9H17N3O. The number of carbonyl (C=O) groups excluding carboxylic acids is 1. The van der Waals surface area contributed by atoms with E-state index < -0.39 is 0 Å². The number of piperidine rings is 1. The predicted molar refractivity (Wildman–Crippen MR) is 50.5 cm³/mol. The molecule has 2 unspecified atom stereocenters. The van der Waals surface area contributed by atoms with Gasteiger partial charge in [-0.15, -0.1) is 0 Å². The second-order valence-corrected chi connectivity index (χ2v) is 3.98. The van der Waals surface area contributed by atoms with Crippen LogP contribution in [0.15, 0.2) is 0 Å². The van der Waals surface area contributed by atoms with Crippen molar-refractivity contribution in [3.8, 4) is 0 Å². The van der Waals surface area contributed by atoms with E-state index in [2.05, 4.69) is 10.6 Å². The van der Waals surface area contributed by atoms with Crippen molar-refractivity contribution >= 4 is 6.03 Å². The number of hydrogen-bond acceptors (Lipinski definition) is 2. The Morgan fingerprint density at radius 3 is 2.69 bits per heavy atom. The lowest BCUT2D eigenvalue weighted by molar-refractivity contribution is 0.209. The molecule has 2 amide bonds. The van der Waals surface area contributed by atoms with Crippen LogP contribution in [0, 0.1) is 11.8 Å². The first-order valence-electron chi connectivity index (χ1n) is 4.96. The summed E-state index contributed by atoms with van der Waals surface area (Å²) in [4.78, 5) is 13.2. The van der Waals surface area contributed by atoms with Gasteiger partial charge in [0.15, 0.2) is 0 Å². The van der Waals surface area contributed by atoms with Crippen LogP contribution in [-0.2, 0) is 0 Å². The first kappa shape index (κ1) is 8.81. The number of amides is 2. The lowest BCUT2D eigenvalue weighted by Gasteiger charge is -2.16. The fourth-order valence-corrected chi connectivity index (χ4v) is 2.03. The smallest absolute Gasteiger partial charge is 0.317 e. The highest BCUT2D eigenvalue weighted by molar-refractivity contribution is 5.74. The van der Waals surface area contributed by atoms with Crippen molar-refractivity contribution in [1.82, 2.24) is 15.5 Å². The molecule has 74 valence electrons. The van der Waals surface area contributed by atoms with Crippen LogP contribution in [0.4, 0.5) is 4.79 Å². The highest BCUT2D eigenvalue weighted by Gasteiger charge is 2.53. The van der Waals surface area contributed by atoms with Crippen LogP contribution >= 0.6 is 0 Å². The Labute approximate surface area is 78.7 Å². The topological polar surface area (TPSA) is 44.4 Å². The Hall–Kier alpha value is -0.770. The molecule has 13 heavy (non-hydrogen) atoms. The van der Waals surface area contributed by atoms with Crippen molar-refractivity contribution in [3.05, 3.63) is 0 Å². The van der Waals surface area contributed by atoms with Crippen LogP contribution < -0.4 is 10.6 Å². The van der Waals surface area contributed by atoms with Gasteiger partial charge in [-0.2, -0.15) is 0 Å². The van der Waals surface area contributed by atoms with Gasteiger partial charge in [0.1, 0.15) is 0 Å². The maximum absolute atomic E-state index is 11.5. The quantitative estimate of drug-likeness (QED) is 0.626. The van der Waals surface area contributed by atoms with Gasteiger partial charge in [0.25, 0.3) is 0 Å². The summed E-state index contributed by atoms with van der Waals surface area (Å²) in [5.41, 5.74) is 0. The third kappa shape index (κ3) is 1.50. The molecule has 1 heterocycles. The summed E-state index contributed by atoms with van der Waals surface area (Å²) in [5, 5.41) is 6.36. The van der Waals surface area contributed by atoms with Gasteiger partial charge in [0.05, 0.1) is 0 Å². The monoisotopic (exact) mass is 183 g/mol. The number of urea groups is 1. The highest BCUT2D eigenvalue weighted by atomic mass is 16.2. The summed E-state index contributed by atoms with van der Waals surface area (Å²) in [5.74, 6) is 1.41. The van der Waals surface area contributed by atoms with E-state index in [1.54, 1.807) is 4.90 Å². The minimum atomic E-state index is 0.0712. The zero-order valence-electron chi connectivity index (χ0n) is 8.21. The number of fused-ring (bicyclic) bond motifs is 1. The molecule has 0 bridgehead atoms. The van der Waals surface area contributed by atoms with E-state index in [9.17, 15) is 4.79 Å². The molecule has 2 rings (SSSR count).